The first-order valence-electron chi connectivity index (χ1n) is 11.6. The average molecular weight is 419 g/mol. The number of allylic oxidation sites excluding steroid dienone is 1. The molecule has 0 amide bonds. The van der Waals surface area contributed by atoms with Crippen molar-refractivity contribution in [3.05, 3.63) is 132 Å². The van der Waals surface area contributed by atoms with Crippen LogP contribution in [0, 0.1) is 0 Å². The van der Waals surface area contributed by atoms with Crippen molar-refractivity contribution in [2.24, 2.45) is 0 Å². The highest BCUT2D eigenvalue weighted by Gasteiger charge is 2.21. The third-order valence-electron chi connectivity index (χ3n) is 7.06. The summed E-state index contributed by atoms with van der Waals surface area (Å²) in [6.45, 7) is 0. The van der Waals surface area contributed by atoms with E-state index in [9.17, 15) is 0 Å². The summed E-state index contributed by atoms with van der Waals surface area (Å²) in [7, 11) is 0. The maximum Gasteiger partial charge on any atom is -0.00132 e. The summed E-state index contributed by atoms with van der Waals surface area (Å²) in [6, 6.07) is 42.1. The lowest BCUT2D eigenvalue weighted by Gasteiger charge is -2.18. The first-order valence-corrected chi connectivity index (χ1v) is 11.6. The Morgan fingerprint density at radius 2 is 1.03 bits per heavy atom. The van der Waals surface area contributed by atoms with Gasteiger partial charge in [0.25, 0.3) is 0 Å². The topological polar surface area (TPSA) is 0 Å². The molecule has 0 aliphatic heterocycles. The molecule has 0 atom stereocenters. The van der Waals surface area contributed by atoms with E-state index in [2.05, 4.69) is 121 Å². The summed E-state index contributed by atoms with van der Waals surface area (Å²) in [5.41, 5.74) is 8.15. The smallest absolute Gasteiger partial charge is 0.00132 e. The van der Waals surface area contributed by atoms with Crippen LogP contribution in [-0.2, 0) is 6.42 Å². The molecule has 7 rings (SSSR count). The quantitative estimate of drug-likeness (QED) is 0.246. The van der Waals surface area contributed by atoms with Crippen LogP contribution in [-0.4, -0.2) is 0 Å². The second-order valence-electron chi connectivity index (χ2n) is 8.95. The van der Waals surface area contributed by atoms with E-state index in [0.29, 0.717) is 0 Å². The van der Waals surface area contributed by atoms with E-state index in [1.165, 1.54) is 65.7 Å². The van der Waals surface area contributed by atoms with E-state index in [4.69, 9.17) is 0 Å². The molecule has 154 valence electrons. The Morgan fingerprint density at radius 1 is 0.455 bits per heavy atom. The summed E-state index contributed by atoms with van der Waals surface area (Å²) in [5, 5.41) is 7.86. The van der Waals surface area contributed by atoms with Crippen molar-refractivity contribution >= 4 is 44.0 Å². The van der Waals surface area contributed by atoms with Crippen LogP contribution in [0.3, 0.4) is 0 Å². The van der Waals surface area contributed by atoms with E-state index in [1.54, 1.807) is 0 Å². The van der Waals surface area contributed by atoms with E-state index < -0.39 is 0 Å². The van der Waals surface area contributed by atoms with Crippen LogP contribution in [0.15, 0.2) is 115 Å². The van der Waals surface area contributed by atoms with Gasteiger partial charge >= 0.3 is 0 Å². The SMILES string of the molecule is C1=C(c2c3ccccc3c(-c3ccc4ccccc4c3)c3ccccc23)Cc2ccccc21. The maximum atomic E-state index is 2.39. The van der Waals surface area contributed by atoms with E-state index >= 15 is 0 Å². The summed E-state index contributed by atoms with van der Waals surface area (Å²) in [6.07, 6.45) is 3.37. The van der Waals surface area contributed by atoms with Gasteiger partial charge in [0.1, 0.15) is 0 Å². The molecule has 0 unspecified atom stereocenters. The average Bonchev–Trinajstić information content (AvgIpc) is 3.30. The van der Waals surface area contributed by atoms with Crippen molar-refractivity contribution in [3.63, 3.8) is 0 Å². The molecule has 0 saturated carbocycles. The van der Waals surface area contributed by atoms with Gasteiger partial charge in [0.2, 0.25) is 0 Å². The van der Waals surface area contributed by atoms with E-state index in [-0.39, 0.29) is 0 Å². The maximum absolute atomic E-state index is 2.39. The molecule has 6 aromatic carbocycles. The van der Waals surface area contributed by atoms with Crippen molar-refractivity contribution < 1.29 is 0 Å². The minimum absolute atomic E-state index is 0.986. The lowest BCUT2D eigenvalue weighted by atomic mass is 9.85. The minimum atomic E-state index is 0.986. The molecule has 1 aliphatic carbocycles. The molecular formula is C33H22. The highest BCUT2D eigenvalue weighted by molar-refractivity contribution is 6.20. The van der Waals surface area contributed by atoms with Gasteiger partial charge in [-0.25, -0.2) is 0 Å². The molecule has 0 heterocycles. The van der Waals surface area contributed by atoms with Gasteiger partial charge in [-0.15, -0.1) is 0 Å². The number of benzene rings is 6. The van der Waals surface area contributed by atoms with Crippen molar-refractivity contribution in [3.8, 4) is 11.1 Å². The van der Waals surface area contributed by atoms with Crippen molar-refractivity contribution in [2.75, 3.05) is 0 Å². The summed E-state index contributed by atoms with van der Waals surface area (Å²) >= 11 is 0. The largest absolute Gasteiger partial charge is 0.0619 e. The molecular weight excluding hydrogens is 396 g/mol. The molecule has 1 aliphatic rings. The van der Waals surface area contributed by atoms with Crippen molar-refractivity contribution in [2.45, 2.75) is 6.42 Å². The molecule has 0 heteroatoms. The van der Waals surface area contributed by atoms with Gasteiger partial charge in [-0.1, -0.05) is 115 Å². The Labute approximate surface area is 193 Å². The highest BCUT2D eigenvalue weighted by atomic mass is 14.2. The van der Waals surface area contributed by atoms with Crippen molar-refractivity contribution in [1.82, 2.24) is 0 Å². The van der Waals surface area contributed by atoms with Gasteiger partial charge in [-0.3, -0.25) is 0 Å². The number of hydrogen-bond donors (Lipinski definition) is 0. The molecule has 0 radical (unpaired) electrons. The van der Waals surface area contributed by atoms with Crippen molar-refractivity contribution in [1.29, 1.82) is 0 Å². The number of rotatable bonds is 2. The fraction of sp³-hybridized carbons (Fsp3) is 0.0303. The second kappa shape index (κ2) is 7.18. The van der Waals surface area contributed by atoms with Gasteiger partial charge < -0.3 is 0 Å². The molecule has 0 spiro atoms. The fourth-order valence-corrected chi connectivity index (χ4v) is 5.57. The van der Waals surface area contributed by atoms with Gasteiger partial charge in [0.05, 0.1) is 0 Å². The molecule has 0 saturated heterocycles. The monoisotopic (exact) mass is 418 g/mol. The molecule has 0 bridgehead atoms. The number of fused-ring (bicyclic) bond motifs is 4. The second-order valence-corrected chi connectivity index (χ2v) is 8.95. The Balaban J connectivity index is 1.57. The van der Waals surface area contributed by atoms with E-state index in [0.717, 1.165) is 6.42 Å². The third-order valence-corrected chi connectivity index (χ3v) is 7.06. The molecule has 0 N–H and O–H groups in total. The molecule has 0 aromatic heterocycles. The number of hydrogen-bond acceptors (Lipinski definition) is 0. The van der Waals surface area contributed by atoms with Crippen LogP contribution in [0.2, 0.25) is 0 Å². The van der Waals surface area contributed by atoms with Crippen LogP contribution >= 0.6 is 0 Å². The van der Waals surface area contributed by atoms with Gasteiger partial charge in [0.15, 0.2) is 0 Å². The van der Waals surface area contributed by atoms with Crippen LogP contribution in [0.5, 0.6) is 0 Å². The van der Waals surface area contributed by atoms with E-state index in [1.807, 2.05) is 0 Å². The zero-order chi connectivity index (χ0) is 21.8. The van der Waals surface area contributed by atoms with Gasteiger partial charge in [0, 0.05) is 0 Å². The zero-order valence-electron chi connectivity index (χ0n) is 18.3. The first-order chi connectivity index (χ1) is 16.4. The van der Waals surface area contributed by atoms with Gasteiger partial charge in [-0.05, 0) is 78.2 Å². The normalized spacial score (nSPS) is 12.9. The fourth-order valence-electron chi connectivity index (χ4n) is 5.57. The first kappa shape index (κ1) is 18.4. The Morgan fingerprint density at radius 3 is 1.73 bits per heavy atom. The zero-order valence-corrected chi connectivity index (χ0v) is 18.3. The Bertz CT molecular complexity index is 1680. The molecule has 33 heavy (non-hydrogen) atoms. The summed E-state index contributed by atoms with van der Waals surface area (Å²) < 4.78 is 0. The summed E-state index contributed by atoms with van der Waals surface area (Å²) in [5.74, 6) is 0. The third kappa shape index (κ3) is 2.84. The van der Waals surface area contributed by atoms with Crippen LogP contribution in [0.4, 0.5) is 0 Å². The summed E-state index contributed by atoms with van der Waals surface area (Å²) in [4.78, 5) is 0. The highest BCUT2D eigenvalue weighted by Crippen LogP contribution is 2.44. The van der Waals surface area contributed by atoms with Crippen LogP contribution in [0.1, 0.15) is 16.7 Å². The lowest BCUT2D eigenvalue weighted by molar-refractivity contribution is 1.33. The standard InChI is InChI=1S/C33H22/c1-2-10-23-19-26(18-17-22(23)9-1)32-28-13-5-7-15-30(28)33(31-16-8-6-14-29(31)32)27-20-24-11-3-4-12-25(24)21-27/h1-20H,21H2. The molecule has 6 aromatic rings. The lowest BCUT2D eigenvalue weighted by Crippen LogP contribution is -1.94. The van der Waals surface area contributed by atoms with Gasteiger partial charge in [-0.2, -0.15) is 0 Å². The molecule has 0 nitrogen and oxygen atoms in total. The predicted molar refractivity (Wildman–Crippen MR) is 142 cm³/mol. The Hall–Kier alpha value is -4.16. The van der Waals surface area contributed by atoms with Crippen LogP contribution in [0.25, 0.3) is 55.1 Å². The Kier molecular flexibility index (Phi) is 4.01. The molecule has 0 fully saturated rings. The van der Waals surface area contributed by atoms with Crippen LogP contribution < -0.4 is 0 Å². The predicted octanol–water partition coefficient (Wildman–Crippen LogP) is 8.91. The minimum Gasteiger partial charge on any atom is -0.0619 e.